The molecule has 41 heavy (non-hydrogen) atoms. The number of hydrogen-bond donors (Lipinski definition) is 0. The van der Waals surface area contributed by atoms with Gasteiger partial charge in [-0.3, -0.25) is 4.57 Å². The third-order valence-electron chi connectivity index (χ3n) is 7.43. The molecule has 1 atom stereocenters. The fourth-order valence-electron chi connectivity index (χ4n) is 4.84. The Labute approximate surface area is 250 Å². The monoisotopic (exact) mass is 592 g/mol. The molecule has 0 amide bonds. The van der Waals surface area contributed by atoms with Gasteiger partial charge in [0.1, 0.15) is 13.2 Å². The first kappa shape index (κ1) is 35.6. The predicted octanol–water partition coefficient (Wildman–Crippen LogP) is 7.57. The molecule has 0 aliphatic carbocycles. The van der Waals surface area contributed by atoms with Gasteiger partial charge in [-0.25, -0.2) is 4.68 Å². The molecule has 1 aromatic carbocycles. The number of nitrogens with zero attached hydrogens (tertiary/aromatic N) is 4. The normalized spacial score (nSPS) is 13.5. The smallest absolute Gasteiger partial charge is 0.268 e. The summed E-state index contributed by atoms with van der Waals surface area (Å²) in [5.74, 6) is 0. The van der Waals surface area contributed by atoms with Gasteiger partial charge >= 0.3 is 0 Å². The molecule has 0 aliphatic heterocycles. The van der Waals surface area contributed by atoms with Crippen molar-refractivity contribution in [3.8, 4) is 5.69 Å². The Morgan fingerprint density at radius 2 is 1.20 bits per heavy atom. The summed E-state index contributed by atoms with van der Waals surface area (Å²) in [6.07, 6.45) is 23.3. The van der Waals surface area contributed by atoms with Crippen molar-refractivity contribution in [3.63, 3.8) is 0 Å². The molecule has 0 bridgehead atoms. The van der Waals surface area contributed by atoms with Crippen LogP contribution in [0.15, 0.2) is 30.5 Å². The molecule has 2 aromatic rings. The van der Waals surface area contributed by atoms with E-state index in [4.69, 9.17) is 9.05 Å². The number of phosphoric ester groups is 1. The molecule has 0 saturated heterocycles. The number of likely N-dealkylation sites (N-methyl/N-ethyl adjacent to an activating group) is 1. The van der Waals surface area contributed by atoms with Crippen LogP contribution in [0.25, 0.3) is 5.69 Å². The van der Waals surface area contributed by atoms with Crippen molar-refractivity contribution in [1.29, 1.82) is 0 Å². The molecular formula is C32H57N4O4P. The van der Waals surface area contributed by atoms with E-state index < -0.39 is 7.82 Å². The third kappa shape index (κ3) is 18.6. The Hall–Kier alpha value is -1.57. The number of phosphoric acid groups is 1. The van der Waals surface area contributed by atoms with Crippen LogP contribution in [-0.4, -0.2) is 60.4 Å². The maximum Gasteiger partial charge on any atom is 0.268 e. The minimum atomic E-state index is -4.15. The molecule has 234 valence electrons. The third-order valence-corrected chi connectivity index (χ3v) is 8.43. The number of aryl methyl sites for hydroxylation is 2. The lowest BCUT2D eigenvalue weighted by molar-refractivity contribution is -0.870. The predicted molar refractivity (Wildman–Crippen MR) is 166 cm³/mol. The summed E-state index contributed by atoms with van der Waals surface area (Å²) in [5, 5.41) is 8.18. The highest BCUT2D eigenvalue weighted by Crippen LogP contribution is 2.38. The maximum atomic E-state index is 11.7. The first-order chi connectivity index (χ1) is 19.6. The molecule has 9 heteroatoms. The van der Waals surface area contributed by atoms with E-state index in [1.165, 1.54) is 89.0 Å². The van der Waals surface area contributed by atoms with Crippen molar-refractivity contribution in [1.82, 2.24) is 15.0 Å². The number of unbranched alkanes of at least 4 members (excludes halogenated alkanes) is 15. The zero-order valence-corrected chi connectivity index (χ0v) is 27.3. The highest BCUT2D eigenvalue weighted by atomic mass is 31.2. The van der Waals surface area contributed by atoms with Gasteiger partial charge in [0, 0.05) is 0 Å². The minimum Gasteiger partial charge on any atom is -0.756 e. The van der Waals surface area contributed by atoms with Crippen molar-refractivity contribution >= 4 is 7.82 Å². The summed E-state index contributed by atoms with van der Waals surface area (Å²) in [5.41, 5.74) is 3.41. The van der Waals surface area contributed by atoms with Gasteiger partial charge in [0.25, 0.3) is 7.82 Å². The summed E-state index contributed by atoms with van der Waals surface area (Å²) in [4.78, 5) is 11.7. The molecule has 2 rings (SSSR count). The van der Waals surface area contributed by atoms with Gasteiger partial charge in [-0.15, -0.1) is 5.10 Å². The summed E-state index contributed by atoms with van der Waals surface area (Å²) in [6, 6.07) is 8.69. The molecular weight excluding hydrogens is 535 g/mol. The highest BCUT2D eigenvalue weighted by molar-refractivity contribution is 7.45. The molecule has 0 fully saturated rings. The summed E-state index contributed by atoms with van der Waals surface area (Å²) in [6.45, 7) is 2.97. The van der Waals surface area contributed by atoms with Crippen molar-refractivity contribution < 1.29 is 23.0 Å². The lowest BCUT2D eigenvalue weighted by atomic mass is 10.0. The SMILES string of the molecule is Cc1cn(-c2ccc(CCCCCCCCCCCCCCCCCCOP(=O)([O-])OCC[N+](C)(C)C)cc2)nn1. The van der Waals surface area contributed by atoms with E-state index in [1.807, 2.05) is 38.9 Å². The summed E-state index contributed by atoms with van der Waals surface area (Å²) in [7, 11) is 1.84. The Morgan fingerprint density at radius 3 is 1.66 bits per heavy atom. The first-order valence-corrected chi connectivity index (χ1v) is 17.5. The Kier molecular flexibility index (Phi) is 17.7. The Balaban J connectivity index is 1.29. The lowest BCUT2D eigenvalue weighted by Gasteiger charge is -2.27. The van der Waals surface area contributed by atoms with Gasteiger partial charge in [-0.1, -0.05) is 107 Å². The number of hydrogen-bond acceptors (Lipinski definition) is 6. The van der Waals surface area contributed by atoms with Gasteiger partial charge < -0.3 is 18.4 Å². The van der Waals surface area contributed by atoms with E-state index in [0.717, 1.165) is 37.1 Å². The second-order valence-corrected chi connectivity index (χ2v) is 13.9. The zero-order chi connectivity index (χ0) is 29.8. The number of aromatic nitrogens is 3. The summed E-state index contributed by atoms with van der Waals surface area (Å²) < 4.78 is 24.1. The first-order valence-electron chi connectivity index (χ1n) is 16.0. The average molecular weight is 593 g/mol. The maximum absolute atomic E-state index is 11.7. The fraction of sp³-hybridized carbons (Fsp3) is 0.750. The largest absolute Gasteiger partial charge is 0.756 e. The van der Waals surface area contributed by atoms with Crippen molar-refractivity contribution in [2.45, 2.75) is 116 Å². The van der Waals surface area contributed by atoms with Crippen molar-refractivity contribution in [2.75, 3.05) is 40.9 Å². The van der Waals surface area contributed by atoms with Crippen LogP contribution >= 0.6 is 7.82 Å². The molecule has 0 saturated carbocycles. The molecule has 0 N–H and O–H groups in total. The van der Waals surface area contributed by atoms with Crippen LogP contribution < -0.4 is 4.89 Å². The van der Waals surface area contributed by atoms with Crippen LogP contribution in [0.1, 0.15) is 114 Å². The van der Waals surface area contributed by atoms with Crippen molar-refractivity contribution in [3.05, 3.63) is 41.7 Å². The van der Waals surface area contributed by atoms with E-state index >= 15 is 0 Å². The standard InChI is InChI=1S/C32H57N4O4P/c1-30-29-35(34-33-30)32-24-22-31(23-25-32)21-19-17-15-13-11-9-7-5-6-8-10-12-14-16-18-20-27-39-41(37,38)40-28-26-36(2,3)4/h22-25,29H,5-21,26-28H2,1-4H3. The van der Waals surface area contributed by atoms with E-state index in [2.05, 4.69) is 34.6 Å². The second-order valence-electron chi connectivity index (χ2n) is 12.5. The van der Waals surface area contributed by atoms with Crippen molar-refractivity contribution in [2.24, 2.45) is 0 Å². The van der Waals surface area contributed by atoms with Crippen LogP contribution in [0.5, 0.6) is 0 Å². The molecule has 0 spiro atoms. The van der Waals surface area contributed by atoms with Gasteiger partial charge in [-0.2, -0.15) is 0 Å². The van der Waals surface area contributed by atoms with Gasteiger partial charge in [-0.05, 0) is 43.9 Å². The van der Waals surface area contributed by atoms with Crippen LogP contribution in [-0.2, 0) is 20.0 Å². The Morgan fingerprint density at radius 1 is 0.732 bits per heavy atom. The fourth-order valence-corrected chi connectivity index (χ4v) is 5.57. The molecule has 0 radical (unpaired) electrons. The number of benzene rings is 1. The van der Waals surface area contributed by atoms with Crippen LogP contribution in [0.2, 0.25) is 0 Å². The molecule has 1 unspecified atom stereocenters. The number of rotatable bonds is 25. The molecule has 0 aliphatic rings. The van der Waals surface area contributed by atoms with Crippen LogP contribution in [0.4, 0.5) is 0 Å². The average Bonchev–Trinajstić information content (AvgIpc) is 3.35. The van der Waals surface area contributed by atoms with E-state index in [9.17, 15) is 9.46 Å². The van der Waals surface area contributed by atoms with E-state index in [1.54, 1.807) is 0 Å². The van der Waals surface area contributed by atoms with E-state index in [-0.39, 0.29) is 13.2 Å². The van der Waals surface area contributed by atoms with Crippen LogP contribution in [0.3, 0.4) is 0 Å². The van der Waals surface area contributed by atoms with Gasteiger partial charge in [0.15, 0.2) is 0 Å². The minimum absolute atomic E-state index is 0.161. The molecule has 1 aromatic heterocycles. The van der Waals surface area contributed by atoms with Gasteiger partial charge in [0.2, 0.25) is 0 Å². The Bertz CT molecular complexity index is 975. The summed E-state index contributed by atoms with van der Waals surface area (Å²) >= 11 is 0. The topological polar surface area (TPSA) is 89.3 Å². The lowest BCUT2D eigenvalue weighted by Crippen LogP contribution is -2.37. The second kappa shape index (κ2) is 20.4. The quantitative estimate of drug-likeness (QED) is 0.0671. The molecule has 8 nitrogen and oxygen atoms in total. The zero-order valence-electron chi connectivity index (χ0n) is 26.4. The highest BCUT2D eigenvalue weighted by Gasteiger charge is 2.13. The van der Waals surface area contributed by atoms with Gasteiger partial charge in [0.05, 0.1) is 45.3 Å². The number of quaternary nitrogens is 1. The van der Waals surface area contributed by atoms with E-state index in [0.29, 0.717) is 11.0 Å². The van der Waals surface area contributed by atoms with Crippen LogP contribution in [0, 0.1) is 6.92 Å². The molecule has 1 heterocycles.